The first-order valence-electron chi connectivity index (χ1n) is 5.65. The highest BCUT2D eigenvalue weighted by Gasteiger charge is 2.19. The average molecular weight is 287 g/mol. The van der Waals surface area contributed by atoms with Gasteiger partial charge in [0.15, 0.2) is 0 Å². The molecule has 0 aliphatic carbocycles. The molecule has 106 valence electrons. The van der Waals surface area contributed by atoms with Crippen molar-refractivity contribution in [3.63, 3.8) is 0 Å². The van der Waals surface area contributed by atoms with Crippen molar-refractivity contribution in [3.8, 4) is 0 Å². The van der Waals surface area contributed by atoms with Crippen molar-refractivity contribution in [1.29, 1.82) is 0 Å². The van der Waals surface area contributed by atoms with Gasteiger partial charge in [-0.2, -0.15) is 0 Å². The van der Waals surface area contributed by atoms with E-state index in [0.29, 0.717) is 6.42 Å². The van der Waals surface area contributed by atoms with Crippen molar-refractivity contribution in [3.05, 3.63) is 23.8 Å². The maximum atomic E-state index is 11.9. The molecular formula is C11H17N3O4S. The third-order valence-corrected chi connectivity index (χ3v) is 4.06. The number of hydrogen-bond donors (Lipinski definition) is 4. The van der Waals surface area contributed by atoms with E-state index in [2.05, 4.69) is 4.72 Å². The summed E-state index contributed by atoms with van der Waals surface area (Å²) in [5.74, 6) is -0.690. The van der Waals surface area contributed by atoms with Crippen LogP contribution in [0.25, 0.3) is 0 Å². The molecule has 0 saturated heterocycles. The molecule has 0 aliphatic heterocycles. The number of aliphatic hydroxyl groups is 1. The second kappa shape index (κ2) is 6.00. The molecule has 0 heterocycles. The first kappa shape index (κ1) is 15.4. The van der Waals surface area contributed by atoms with Crippen LogP contribution in [0, 0.1) is 0 Å². The number of amides is 1. The largest absolute Gasteiger partial charge is 0.398 e. The fraction of sp³-hybridized carbons (Fsp3) is 0.364. The second-order valence-electron chi connectivity index (χ2n) is 4.03. The van der Waals surface area contributed by atoms with Crippen LogP contribution in [0.15, 0.2) is 23.1 Å². The molecule has 7 nitrogen and oxygen atoms in total. The molecule has 1 atom stereocenters. The zero-order chi connectivity index (χ0) is 14.6. The van der Waals surface area contributed by atoms with Crippen LogP contribution in [0.3, 0.4) is 0 Å². The van der Waals surface area contributed by atoms with Gasteiger partial charge in [0, 0.05) is 12.1 Å². The molecule has 0 radical (unpaired) electrons. The zero-order valence-electron chi connectivity index (χ0n) is 10.5. The number of primary amides is 1. The van der Waals surface area contributed by atoms with E-state index in [1.807, 2.05) is 0 Å². The van der Waals surface area contributed by atoms with Crippen molar-refractivity contribution < 1.29 is 18.3 Å². The maximum absolute atomic E-state index is 11.9. The lowest BCUT2D eigenvalue weighted by Gasteiger charge is -2.12. The van der Waals surface area contributed by atoms with Crippen LogP contribution in [-0.2, 0) is 10.0 Å². The number of carbonyl (C=O) groups is 1. The third-order valence-electron chi connectivity index (χ3n) is 2.56. The summed E-state index contributed by atoms with van der Waals surface area (Å²) in [6.07, 6.45) is -0.334. The molecule has 1 aromatic carbocycles. The van der Waals surface area contributed by atoms with Crippen LogP contribution in [0.1, 0.15) is 23.7 Å². The lowest BCUT2D eigenvalue weighted by molar-refractivity contribution is 0.1000. The highest BCUT2D eigenvalue weighted by molar-refractivity contribution is 7.89. The van der Waals surface area contributed by atoms with Crippen LogP contribution < -0.4 is 16.2 Å². The van der Waals surface area contributed by atoms with E-state index in [1.54, 1.807) is 6.92 Å². The van der Waals surface area contributed by atoms with Gasteiger partial charge in [-0.25, -0.2) is 13.1 Å². The van der Waals surface area contributed by atoms with E-state index in [1.165, 1.54) is 18.2 Å². The number of benzene rings is 1. The lowest BCUT2D eigenvalue weighted by atomic mass is 10.2. The number of carbonyl (C=O) groups excluding carboxylic acids is 1. The Morgan fingerprint density at radius 1 is 1.47 bits per heavy atom. The molecule has 0 bridgehead atoms. The number of nitrogens with two attached hydrogens (primary N) is 2. The molecule has 0 saturated carbocycles. The summed E-state index contributed by atoms with van der Waals surface area (Å²) in [5, 5.41) is 9.33. The minimum absolute atomic E-state index is 0.0743. The number of hydrogen-bond acceptors (Lipinski definition) is 5. The van der Waals surface area contributed by atoms with Crippen LogP contribution in [0.4, 0.5) is 5.69 Å². The molecule has 0 aliphatic rings. The smallest absolute Gasteiger partial charge is 0.248 e. The van der Waals surface area contributed by atoms with Gasteiger partial charge in [-0.05, 0) is 24.6 Å². The van der Waals surface area contributed by atoms with Gasteiger partial charge >= 0.3 is 0 Å². The summed E-state index contributed by atoms with van der Waals surface area (Å²) in [7, 11) is -3.83. The highest BCUT2D eigenvalue weighted by Crippen LogP contribution is 2.19. The van der Waals surface area contributed by atoms with Gasteiger partial charge in [0.1, 0.15) is 4.90 Å². The summed E-state index contributed by atoms with van der Waals surface area (Å²) < 4.78 is 26.1. The molecule has 8 heteroatoms. The number of aliphatic hydroxyl groups excluding tert-OH is 1. The van der Waals surface area contributed by atoms with E-state index in [9.17, 15) is 18.3 Å². The summed E-state index contributed by atoms with van der Waals surface area (Å²) in [6.45, 7) is 1.63. The highest BCUT2D eigenvalue weighted by atomic mass is 32.2. The minimum Gasteiger partial charge on any atom is -0.398 e. The average Bonchev–Trinajstić information content (AvgIpc) is 2.35. The molecular weight excluding hydrogens is 270 g/mol. The Bertz CT molecular complexity index is 571. The van der Waals surface area contributed by atoms with Gasteiger partial charge in [0.05, 0.1) is 11.8 Å². The lowest BCUT2D eigenvalue weighted by Crippen LogP contribution is -2.32. The normalized spacial score (nSPS) is 13.2. The molecule has 19 heavy (non-hydrogen) atoms. The fourth-order valence-electron chi connectivity index (χ4n) is 1.37. The number of nitrogen functional groups attached to an aromatic ring is 1. The van der Waals surface area contributed by atoms with E-state index in [4.69, 9.17) is 11.5 Å². The first-order chi connectivity index (χ1) is 8.77. The maximum Gasteiger partial charge on any atom is 0.248 e. The number of anilines is 1. The minimum atomic E-state index is -3.83. The van der Waals surface area contributed by atoms with E-state index in [0.717, 1.165) is 0 Å². The standard InChI is InChI=1S/C11H17N3O4S/c1-2-8(15)6-14-19(17,18)10-4-3-7(11(13)16)5-9(10)12/h3-5,8,14-15H,2,6,12H2,1H3,(H2,13,16). The van der Waals surface area contributed by atoms with Crippen LogP contribution in [0.5, 0.6) is 0 Å². The van der Waals surface area contributed by atoms with Gasteiger partial charge in [-0.15, -0.1) is 0 Å². The van der Waals surface area contributed by atoms with Gasteiger partial charge in [-0.1, -0.05) is 6.92 Å². The monoisotopic (exact) mass is 287 g/mol. The summed E-state index contributed by atoms with van der Waals surface area (Å²) in [5.41, 5.74) is 10.7. The predicted molar refractivity (Wildman–Crippen MR) is 70.9 cm³/mol. The molecule has 0 fully saturated rings. The molecule has 1 rings (SSSR count). The van der Waals surface area contributed by atoms with E-state index < -0.39 is 22.0 Å². The Labute approximate surface area is 111 Å². The van der Waals surface area contributed by atoms with Crippen LogP contribution in [0.2, 0.25) is 0 Å². The molecule has 0 spiro atoms. The summed E-state index contributed by atoms with van der Waals surface area (Å²) in [4.78, 5) is 10.8. The number of nitrogens with one attached hydrogen (secondary N) is 1. The first-order valence-corrected chi connectivity index (χ1v) is 7.13. The SMILES string of the molecule is CCC(O)CNS(=O)(=O)c1ccc(C(N)=O)cc1N. The summed E-state index contributed by atoms with van der Waals surface area (Å²) in [6, 6.07) is 3.69. The topological polar surface area (TPSA) is 136 Å². The predicted octanol–water partition coefficient (Wildman–Crippen LogP) is -0.583. The van der Waals surface area contributed by atoms with Crippen molar-refractivity contribution in [2.24, 2.45) is 5.73 Å². The van der Waals surface area contributed by atoms with Crippen molar-refractivity contribution in [1.82, 2.24) is 4.72 Å². The van der Waals surface area contributed by atoms with E-state index in [-0.39, 0.29) is 22.7 Å². The Morgan fingerprint density at radius 2 is 2.11 bits per heavy atom. The Kier molecular flexibility index (Phi) is 4.87. The van der Waals surface area contributed by atoms with Crippen LogP contribution in [-0.4, -0.2) is 32.1 Å². The number of rotatable bonds is 6. The Morgan fingerprint density at radius 3 is 2.58 bits per heavy atom. The van der Waals surface area contributed by atoms with Crippen molar-refractivity contribution in [2.45, 2.75) is 24.3 Å². The van der Waals surface area contributed by atoms with Gasteiger partial charge < -0.3 is 16.6 Å². The fourth-order valence-corrected chi connectivity index (χ4v) is 2.56. The molecule has 1 amide bonds. The quantitative estimate of drug-likeness (QED) is 0.519. The van der Waals surface area contributed by atoms with Crippen LogP contribution >= 0.6 is 0 Å². The summed E-state index contributed by atoms with van der Waals surface area (Å²) >= 11 is 0. The molecule has 6 N–H and O–H groups in total. The van der Waals surface area contributed by atoms with Crippen molar-refractivity contribution in [2.75, 3.05) is 12.3 Å². The zero-order valence-corrected chi connectivity index (χ0v) is 11.3. The molecule has 1 unspecified atom stereocenters. The Hall–Kier alpha value is -1.64. The van der Waals surface area contributed by atoms with E-state index >= 15 is 0 Å². The molecule has 1 aromatic rings. The molecule has 0 aromatic heterocycles. The third kappa shape index (κ3) is 3.91. The Balaban J connectivity index is 2.99. The van der Waals surface area contributed by atoms with Gasteiger partial charge in [0.25, 0.3) is 0 Å². The van der Waals surface area contributed by atoms with Gasteiger partial charge in [0.2, 0.25) is 15.9 Å². The van der Waals surface area contributed by atoms with Gasteiger partial charge in [-0.3, -0.25) is 4.79 Å². The van der Waals surface area contributed by atoms with Crippen molar-refractivity contribution >= 4 is 21.6 Å². The second-order valence-corrected chi connectivity index (χ2v) is 5.77. The number of sulfonamides is 1.